The van der Waals surface area contributed by atoms with Gasteiger partial charge in [0.25, 0.3) is 0 Å². The smallest absolute Gasteiger partial charge is 0.225 e. The molecule has 3 nitrogen and oxygen atoms in total. The van der Waals surface area contributed by atoms with Crippen molar-refractivity contribution in [2.45, 2.75) is 76.9 Å². The lowest BCUT2D eigenvalue weighted by Gasteiger charge is -2.30. The molecule has 0 aromatic rings. The summed E-state index contributed by atoms with van der Waals surface area (Å²) in [7, 11) is 0. The molecule has 104 valence electrons. The molecule has 1 atom stereocenters. The van der Waals surface area contributed by atoms with Crippen molar-refractivity contribution in [2.75, 3.05) is 6.54 Å². The van der Waals surface area contributed by atoms with Gasteiger partial charge in [-0.15, -0.1) is 0 Å². The van der Waals surface area contributed by atoms with Gasteiger partial charge in [0, 0.05) is 12.6 Å². The fourth-order valence-corrected chi connectivity index (χ4v) is 3.55. The minimum atomic E-state index is -0.692. The molecular weight excluding hydrogens is 226 g/mol. The van der Waals surface area contributed by atoms with Gasteiger partial charge in [0.15, 0.2) is 0 Å². The minimum Gasteiger partial charge on any atom is -0.389 e. The van der Waals surface area contributed by atoms with Gasteiger partial charge in [-0.05, 0) is 38.0 Å². The topological polar surface area (TPSA) is 40.5 Å². The van der Waals surface area contributed by atoms with E-state index < -0.39 is 5.60 Å². The van der Waals surface area contributed by atoms with Crippen molar-refractivity contribution in [3.05, 3.63) is 0 Å². The number of carbonyl (C=O) groups is 1. The number of aliphatic hydroxyl groups is 1. The fraction of sp³-hybridized carbons (Fsp3) is 0.933. The van der Waals surface area contributed by atoms with Gasteiger partial charge in [0.2, 0.25) is 5.91 Å². The van der Waals surface area contributed by atoms with E-state index in [0.717, 1.165) is 51.5 Å². The van der Waals surface area contributed by atoms with E-state index >= 15 is 0 Å². The van der Waals surface area contributed by atoms with Crippen molar-refractivity contribution >= 4 is 5.91 Å². The molecule has 0 spiro atoms. The Kier molecular flexibility index (Phi) is 4.31. The molecule has 1 saturated carbocycles. The summed E-state index contributed by atoms with van der Waals surface area (Å²) in [5.41, 5.74) is -0.692. The normalized spacial score (nSPS) is 27.1. The maximum absolute atomic E-state index is 12.4. The van der Waals surface area contributed by atoms with Crippen LogP contribution in [0, 0.1) is 5.92 Å². The van der Waals surface area contributed by atoms with E-state index in [1.54, 1.807) is 0 Å². The zero-order valence-corrected chi connectivity index (χ0v) is 11.8. The summed E-state index contributed by atoms with van der Waals surface area (Å²) in [5, 5.41) is 10.3. The molecule has 1 N–H and O–H groups in total. The first kappa shape index (κ1) is 13.9. The molecule has 2 fully saturated rings. The Morgan fingerprint density at radius 1 is 1.33 bits per heavy atom. The first-order valence-corrected chi connectivity index (χ1v) is 7.52. The van der Waals surface area contributed by atoms with Crippen molar-refractivity contribution in [3.8, 4) is 0 Å². The maximum atomic E-state index is 12.4. The maximum Gasteiger partial charge on any atom is 0.225 e. The molecule has 1 aliphatic carbocycles. The molecule has 1 aliphatic heterocycles. The highest BCUT2D eigenvalue weighted by Gasteiger charge is 2.37. The predicted octanol–water partition coefficient (Wildman–Crippen LogP) is 2.72. The van der Waals surface area contributed by atoms with Gasteiger partial charge in [-0.25, -0.2) is 0 Å². The monoisotopic (exact) mass is 253 g/mol. The average Bonchev–Trinajstić information content (AvgIpc) is 2.86. The van der Waals surface area contributed by atoms with Crippen LogP contribution in [0.4, 0.5) is 0 Å². The molecule has 1 saturated heterocycles. The van der Waals surface area contributed by atoms with Crippen LogP contribution in [0.25, 0.3) is 0 Å². The quantitative estimate of drug-likeness (QED) is 0.837. The van der Waals surface area contributed by atoms with Crippen LogP contribution in [0.1, 0.15) is 65.2 Å². The largest absolute Gasteiger partial charge is 0.389 e. The summed E-state index contributed by atoms with van der Waals surface area (Å²) in [5.74, 6) is 0.820. The first-order chi connectivity index (χ1) is 8.50. The van der Waals surface area contributed by atoms with Gasteiger partial charge in [-0.3, -0.25) is 4.79 Å². The molecule has 1 unspecified atom stereocenters. The molecule has 18 heavy (non-hydrogen) atoms. The number of likely N-dealkylation sites (tertiary alicyclic amines) is 1. The third-order valence-corrected chi connectivity index (χ3v) is 4.46. The highest BCUT2D eigenvalue weighted by atomic mass is 16.3. The Labute approximate surface area is 111 Å². The Morgan fingerprint density at radius 2 is 2.00 bits per heavy atom. The average molecular weight is 253 g/mol. The molecule has 2 aliphatic rings. The molecule has 1 heterocycles. The lowest BCUT2D eigenvalue weighted by molar-refractivity contribution is -0.137. The second-order valence-corrected chi connectivity index (χ2v) is 6.62. The van der Waals surface area contributed by atoms with E-state index in [1.165, 1.54) is 0 Å². The zero-order valence-electron chi connectivity index (χ0n) is 11.8. The lowest BCUT2D eigenvalue weighted by Crippen LogP contribution is -2.41. The summed E-state index contributed by atoms with van der Waals surface area (Å²) in [6.45, 7) is 5.32. The van der Waals surface area contributed by atoms with E-state index in [2.05, 4.69) is 13.8 Å². The third-order valence-electron chi connectivity index (χ3n) is 4.46. The molecule has 0 aromatic heterocycles. The van der Waals surface area contributed by atoms with Crippen LogP contribution in [0.2, 0.25) is 0 Å². The number of amides is 1. The van der Waals surface area contributed by atoms with Gasteiger partial charge in [0.1, 0.15) is 0 Å². The summed E-state index contributed by atoms with van der Waals surface area (Å²) in [6.07, 6.45) is 7.47. The van der Waals surface area contributed by atoms with Crippen molar-refractivity contribution in [2.24, 2.45) is 5.92 Å². The van der Waals surface area contributed by atoms with E-state index in [1.807, 2.05) is 4.90 Å². The fourth-order valence-electron chi connectivity index (χ4n) is 3.55. The number of rotatable bonds is 4. The Morgan fingerprint density at radius 3 is 2.61 bits per heavy atom. The van der Waals surface area contributed by atoms with Gasteiger partial charge in [-0.1, -0.05) is 26.7 Å². The van der Waals surface area contributed by atoms with Gasteiger partial charge in [-0.2, -0.15) is 0 Å². The van der Waals surface area contributed by atoms with E-state index in [-0.39, 0.29) is 5.91 Å². The van der Waals surface area contributed by atoms with Crippen LogP contribution in [0.5, 0.6) is 0 Å². The molecular formula is C15H27NO2. The van der Waals surface area contributed by atoms with Crippen LogP contribution < -0.4 is 0 Å². The van der Waals surface area contributed by atoms with Crippen LogP contribution in [0.15, 0.2) is 0 Å². The Hall–Kier alpha value is -0.570. The summed E-state index contributed by atoms with van der Waals surface area (Å²) in [6, 6.07) is 0.419. The zero-order chi connectivity index (χ0) is 13.2. The molecule has 0 radical (unpaired) electrons. The van der Waals surface area contributed by atoms with E-state index in [0.29, 0.717) is 18.4 Å². The molecule has 1 amide bonds. The lowest BCUT2D eigenvalue weighted by atomic mass is 9.96. The van der Waals surface area contributed by atoms with E-state index in [9.17, 15) is 9.90 Å². The highest BCUT2D eigenvalue weighted by Crippen LogP contribution is 2.34. The van der Waals surface area contributed by atoms with E-state index in [4.69, 9.17) is 0 Å². The number of hydrogen-bond donors (Lipinski definition) is 1. The second-order valence-electron chi connectivity index (χ2n) is 6.62. The first-order valence-electron chi connectivity index (χ1n) is 7.52. The standard InChI is InChI=1S/C15H27NO2/c1-12(2)10-13-6-5-9-16(13)14(17)11-15(18)7-3-4-8-15/h12-13,18H,3-11H2,1-2H3. The van der Waals surface area contributed by atoms with Crippen molar-refractivity contribution < 1.29 is 9.90 Å². The van der Waals surface area contributed by atoms with Gasteiger partial charge in [0.05, 0.1) is 12.0 Å². The van der Waals surface area contributed by atoms with Crippen LogP contribution in [0.3, 0.4) is 0 Å². The van der Waals surface area contributed by atoms with Crippen LogP contribution >= 0.6 is 0 Å². The second kappa shape index (κ2) is 5.60. The highest BCUT2D eigenvalue weighted by molar-refractivity contribution is 5.78. The van der Waals surface area contributed by atoms with Gasteiger partial charge < -0.3 is 10.0 Å². The molecule has 2 rings (SSSR count). The van der Waals surface area contributed by atoms with Crippen LogP contribution in [-0.2, 0) is 4.79 Å². The van der Waals surface area contributed by atoms with Crippen molar-refractivity contribution in [1.82, 2.24) is 4.90 Å². The Balaban J connectivity index is 1.91. The number of hydrogen-bond acceptors (Lipinski definition) is 2. The SMILES string of the molecule is CC(C)CC1CCCN1C(=O)CC1(O)CCCC1. The third kappa shape index (κ3) is 3.25. The summed E-state index contributed by atoms with van der Waals surface area (Å²) >= 11 is 0. The Bertz CT molecular complexity index is 295. The van der Waals surface area contributed by atoms with Gasteiger partial charge >= 0.3 is 0 Å². The minimum absolute atomic E-state index is 0.183. The molecule has 0 bridgehead atoms. The van der Waals surface area contributed by atoms with Crippen molar-refractivity contribution in [1.29, 1.82) is 0 Å². The summed E-state index contributed by atoms with van der Waals surface area (Å²) in [4.78, 5) is 14.4. The molecule has 3 heteroatoms. The van der Waals surface area contributed by atoms with Crippen molar-refractivity contribution in [3.63, 3.8) is 0 Å². The predicted molar refractivity (Wildman–Crippen MR) is 72.2 cm³/mol. The number of carbonyl (C=O) groups excluding carboxylic acids is 1. The van der Waals surface area contributed by atoms with Crippen LogP contribution in [-0.4, -0.2) is 34.1 Å². The molecule has 0 aromatic carbocycles. The summed E-state index contributed by atoms with van der Waals surface area (Å²) < 4.78 is 0. The number of nitrogens with zero attached hydrogens (tertiary/aromatic N) is 1.